The van der Waals surface area contributed by atoms with Gasteiger partial charge in [0.1, 0.15) is 0 Å². The van der Waals surface area contributed by atoms with Gasteiger partial charge in [-0.2, -0.15) is 0 Å². The first-order chi connectivity index (χ1) is 18.1. The van der Waals surface area contributed by atoms with E-state index in [0.29, 0.717) is 10.0 Å². The van der Waals surface area contributed by atoms with E-state index in [1.807, 2.05) is 55.5 Å². The van der Waals surface area contributed by atoms with Gasteiger partial charge in [0.05, 0.1) is 61.6 Å². The standard InChI is InChI=1S/C29H25Cl2N5O/c1-18-22(6-4-12-32-18)34-24-16-26-29(17-25(24)33-20-10-13-37-14-11-20)36(27-9-8-19(30)15-21(27)31)28-7-3-2-5-23(28)35-26/h2-9,12,15-17,20,34H,10-11,13-14H2,1H3/b33-25+. The fourth-order valence-electron chi connectivity index (χ4n) is 4.74. The smallest absolute Gasteiger partial charge is 0.0900 e. The Bertz CT molecular complexity index is 1640. The van der Waals surface area contributed by atoms with Crippen LogP contribution in [-0.4, -0.2) is 33.8 Å². The summed E-state index contributed by atoms with van der Waals surface area (Å²) in [7, 11) is 0. The summed E-state index contributed by atoms with van der Waals surface area (Å²) >= 11 is 13.0. The van der Waals surface area contributed by atoms with Gasteiger partial charge in [0.25, 0.3) is 0 Å². The Hall–Kier alpha value is -3.45. The summed E-state index contributed by atoms with van der Waals surface area (Å²) in [5.74, 6) is 0. The van der Waals surface area contributed by atoms with Crippen molar-refractivity contribution >= 4 is 45.6 Å². The summed E-state index contributed by atoms with van der Waals surface area (Å²) in [6.07, 6.45) is 3.57. The molecular weight excluding hydrogens is 505 g/mol. The normalized spacial score (nSPS) is 14.9. The maximum atomic E-state index is 6.73. The number of halogens is 2. The van der Waals surface area contributed by atoms with Crippen LogP contribution >= 0.6 is 23.2 Å². The Balaban J connectivity index is 1.65. The number of ether oxygens (including phenoxy) is 1. The lowest BCUT2D eigenvalue weighted by Gasteiger charge is -2.22. The first-order valence-corrected chi connectivity index (χ1v) is 13.0. The lowest BCUT2D eigenvalue weighted by atomic mass is 10.1. The van der Waals surface area contributed by atoms with Crippen molar-refractivity contribution in [2.75, 3.05) is 18.5 Å². The molecule has 6 rings (SSSR count). The molecule has 0 atom stereocenters. The second kappa shape index (κ2) is 10.1. The molecule has 0 unspecified atom stereocenters. The van der Waals surface area contributed by atoms with E-state index in [4.69, 9.17) is 37.9 Å². The molecule has 37 heavy (non-hydrogen) atoms. The lowest BCUT2D eigenvalue weighted by molar-refractivity contribution is 0.0864. The van der Waals surface area contributed by atoms with Crippen molar-refractivity contribution in [1.82, 2.24) is 14.5 Å². The largest absolute Gasteiger partial charge is 0.381 e. The fraction of sp³-hybridized carbons (Fsp3) is 0.207. The van der Waals surface area contributed by atoms with Crippen molar-refractivity contribution < 1.29 is 4.74 Å². The van der Waals surface area contributed by atoms with Crippen LogP contribution in [0, 0.1) is 6.92 Å². The Kier molecular flexibility index (Phi) is 6.55. The average Bonchev–Trinajstić information content (AvgIpc) is 2.90. The molecule has 1 saturated heterocycles. The van der Waals surface area contributed by atoms with E-state index >= 15 is 0 Å². The zero-order chi connectivity index (χ0) is 25.4. The second-order valence-corrected chi connectivity index (χ2v) is 9.97. The van der Waals surface area contributed by atoms with E-state index in [9.17, 15) is 0 Å². The summed E-state index contributed by atoms with van der Waals surface area (Å²) in [5, 5.41) is 5.58. The van der Waals surface area contributed by atoms with Crippen LogP contribution in [0.5, 0.6) is 0 Å². The minimum atomic E-state index is 0.183. The zero-order valence-corrected chi connectivity index (χ0v) is 21.8. The Morgan fingerprint density at radius 1 is 0.973 bits per heavy atom. The van der Waals surface area contributed by atoms with Gasteiger partial charge < -0.3 is 14.6 Å². The molecule has 8 heteroatoms. The van der Waals surface area contributed by atoms with Crippen LogP contribution in [-0.2, 0) is 4.74 Å². The number of aromatic nitrogens is 3. The number of hydrogen-bond donors (Lipinski definition) is 1. The molecule has 3 aliphatic rings. The number of pyridine rings is 1. The Labute approximate surface area is 224 Å². The number of anilines is 2. The molecule has 0 radical (unpaired) electrons. The van der Waals surface area contributed by atoms with Crippen LogP contribution in [0.3, 0.4) is 0 Å². The highest BCUT2D eigenvalue weighted by Gasteiger charge is 2.20. The highest BCUT2D eigenvalue weighted by Crippen LogP contribution is 2.34. The van der Waals surface area contributed by atoms with Gasteiger partial charge in [0.15, 0.2) is 0 Å². The van der Waals surface area contributed by atoms with E-state index in [2.05, 4.69) is 27.0 Å². The average molecular weight is 530 g/mol. The Morgan fingerprint density at radius 3 is 2.62 bits per heavy atom. The molecule has 0 bridgehead atoms. The fourth-order valence-corrected chi connectivity index (χ4v) is 5.24. The number of benzene rings is 3. The van der Waals surface area contributed by atoms with Crippen LogP contribution in [0.15, 0.2) is 77.9 Å². The number of nitrogens with one attached hydrogen (secondary N) is 1. The third-order valence-corrected chi connectivity index (χ3v) is 7.17. The van der Waals surface area contributed by atoms with Crippen LogP contribution < -0.4 is 10.7 Å². The highest BCUT2D eigenvalue weighted by atomic mass is 35.5. The van der Waals surface area contributed by atoms with Crippen molar-refractivity contribution in [1.29, 1.82) is 0 Å². The van der Waals surface area contributed by atoms with Gasteiger partial charge in [-0.15, -0.1) is 0 Å². The van der Waals surface area contributed by atoms with Crippen LogP contribution in [0.1, 0.15) is 18.5 Å². The molecule has 2 aliphatic heterocycles. The molecule has 0 saturated carbocycles. The summed E-state index contributed by atoms with van der Waals surface area (Å²) < 4.78 is 7.71. The molecule has 1 aromatic heterocycles. The van der Waals surface area contributed by atoms with Gasteiger partial charge in [0, 0.05) is 24.4 Å². The van der Waals surface area contributed by atoms with Crippen molar-refractivity contribution in [3.8, 4) is 17.1 Å². The first-order valence-electron chi connectivity index (χ1n) is 12.3. The first kappa shape index (κ1) is 23.9. The van der Waals surface area contributed by atoms with Gasteiger partial charge in [0.2, 0.25) is 0 Å². The van der Waals surface area contributed by atoms with Crippen molar-refractivity contribution in [3.05, 3.63) is 94.0 Å². The molecule has 3 aromatic rings. The second-order valence-electron chi connectivity index (χ2n) is 9.12. The molecule has 1 fully saturated rings. The van der Waals surface area contributed by atoms with E-state index in [1.54, 1.807) is 12.3 Å². The van der Waals surface area contributed by atoms with E-state index < -0.39 is 0 Å². The summed E-state index contributed by atoms with van der Waals surface area (Å²) in [6, 6.07) is 21.9. The van der Waals surface area contributed by atoms with Gasteiger partial charge >= 0.3 is 0 Å². The van der Waals surface area contributed by atoms with Crippen molar-refractivity contribution in [2.24, 2.45) is 4.99 Å². The number of fused-ring (bicyclic) bond motifs is 2. The lowest BCUT2D eigenvalue weighted by Crippen LogP contribution is -2.23. The molecule has 1 aliphatic carbocycles. The van der Waals surface area contributed by atoms with Crippen LogP contribution in [0.25, 0.3) is 28.1 Å². The van der Waals surface area contributed by atoms with E-state index in [0.717, 1.165) is 76.6 Å². The quantitative estimate of drug-likeness (QED) is 0.255. The molecule has 0 spiro atoms. The highest BCUT2D eigenvalue weighted by molar-refractivity contribution is 6.35. The summed E-state index contributed by atoms with van der Waals surface area (Å²) in [6.45, 7) is 3.43. The molecule has 6 nitrogen and oxygen atoms in total. The molecule has 0 amide bonds. The topological polar surface area (TPSA) is 64.3 Å². The predicted molar refractivity (Wildman–Crippen MR) is 149 cm³/mol. The summed E-state index contributed by atoms with van der Waals surface area (Å²) in [4.78, 5) is 14.6. The maximum Gasteiger partial charge on any atom is 0.0900 e. The van der Waals surface area contributed by atoms with E-state index in [-0.39, 0.29) is 6.04 Å². The number of aryl methyl sites for hydroxylation is 1. The van der Waals surface area contributed by atoms with Crippen LogP contribution in [0.2, 0.25) is 10.0 Å². The van der Waals surface area contributed by atoms with Crippen molar-refractivity contribution in [2.45, 2.75) is 25.8 Å². The van der Waals surface area contributed by atoms with E-state index in [1.165, 1.54) is 0 Å². The predicted octanol–water partition coefficient (Wildman–Crippen LogP) is 6.96. The SMILES string of the molecule is Cc1ncccc1Nc1cc2nc3ccccc3n(-c3ccc(Cl)cc3Cl)c-2c/c1=N\C1CCOCC1. The third-order valence-electron chi connectivity index (χ3n) is 6.64. The molecule has 186 valence electrons. The number of rotatable bonds is 4. The molecule has 2 aromatic carbocycles. The molecular formula is C29H25Cl2N5O. The van der Waals surface area contributed by atoms with Crippen LogP contribution in [0.4, 0.5) is 11.4 Å². The maximum absolute atomic E-state index is 6.73. The number of hydrogen-bond acceptors (Lipinski definition) is 5. The monoisotopic (exact) mass is 529 g/mol. The Morgan fingerprint density at radius 2 is 1.81 bits per heavy atom. The third kappa shape index (κ3) is 4.80. The van der Waals surface area contributed by atoms with Gasteiger partial charge in [-0.3, -0.25) is 9.98 Å². The minimum Gasteiger partial charge on any atom is -0.381 e. The minimum absolute atomic E-state index is 0.183. The number of nitrogens with zero attached hydrogens (tertiary/aromatic N) is 4. The molecule has 3 heterocycles. The zero-order valence-electron chi connectivity index (χ0n) is 20.3. The molecule has 1 N–H and O–H groups in total. The van der Waals surface area contributed by atoms with Gasteiger partial charge in [-0.05, 0) is 74.4 Å². The summed E-state index contributed by atoms with van der Waals surface area (Å²) in [5.41, 5.74) is 7.08. The van der Waals surface area contributed by atoms with Gasteiger partial charge in [-0.1, -0.05) is 35.3 Å². The van der Waals surface area contributed by atoms with Gasteiger partial charge in [-0.25, -0.2) is 4.98 Å². The number of para-hydroxylation sites is 2. The van der Waals surface area contributed by atoms with Crippen molar-refractivity contribution in [3.63, 3.8) is 0 Å².